The molecule has 0 fully saturated rings. The molecule has 0 unspecified atom stereocenters. The highest BCUT2D eigenvalue weighted by atomic mass is 35.5. The van der Waals surface area contributed by atoms with Crippen LogP contribution in [-0.4, -0.2) is 39.4 Å². The molecule has 0 saturated heterocycles. The van der Waals surface area contributed by atoms with E-state index >= 15 is 0 Å². The first-order valence-electron chi connectivity index (χ1n) is 10.4. The summed E-state index contributed by atoms with van der Waals surface area (Å²) >= 11 is 7.26. The first-order valence-corrected chi connectivity index (χ1v) is 11.8. The van der Waals surface area contributed by atoms with Crippen LogP contribution in [0.2, 0.25) is 5.02 Å². The largest absolute Gasteiger partial charge is 0.497 e. The Kier molecular flexibility index (Phi) is 8.73. The zero-order chi connectivity index (χ0) is 23.8. The molecule has 0 aliphatic rings. The summed E-state index contributed by atoms with van der Waals surface area (Å²) in [4.78, 5) is 24.7. The highest BCUT2D eigenvalue weighted by Crippen LogP contribution is 2.21. The van der Waals surface area contributed by atoms with Gasteiger partial charge in [-0.25, -0.2) is 0 Å². The maximum absolute atomic E-state index is 12.4. The van der Waals surface area contributed by atoms with Gasteiger partial charge in [0, 0.05) is 17.3 Å². The van der Waals surface area contributed by atoms with Crippen LogP contribution in [0.1, 0.15) is 23.9 Å². The van der Waals surface area contributed by atoms with Gasteiger partial charge in [0.1, 0.15) is 5.75 Å². The van der Waals surface area contributed by atoms with Crippen molar-refractivity contribution in [1.29, 1.82) is 0 Å². The third-order valence-electron chi connectivity index (χ3n) is 4.87. The smallest absolute Gasteiger partial charge is 0.234 e. The van der Waals surface area contributed by atoms with Crippen molar-refractivity contribution in [2.45, 2.75) is 38.5 Å². The van der Waals surface area contributed by atoms with E-state index in [1.165, 1.54) is 11.8 Å². The molecule has 2 amide bonds. The summed E-state index contributed by atoms with van der Waals surface area (Å²) in [5, 5.41) is 15.4. The van der Waals surface area contributed by atoms with Crippen molar-refractivity contribution in [3.05, 3.63) is 64.4 Å². The van der Waals surface area contributed by atoms with Crippen molar-refractivity contribution in [1.82, 2.24) is 20.1 Å². The Morgan fingerprint density at radius 2 is 1.88 bits per heavy atom. The number of rotatable bonds is 10. The van der Waals surface area contributed by atoms with E-state index in [1.54, 1.807) is 25.3 Å². The number of aromatic nitrogens is 3. The fourth-order valence-electron chi connectivity index (χ4n) is 3.13. The lowest BCUT2D eigenvalue weighted by Crippen LogP contribution is -2.26. The van der Waals surface area contributed by atoms with Crippen molar-refractivity contribution >= 4 is 40.9 Å². The number of benzene rings is 2. The second kappa shape index (κ2) is 11.7. The molecule has 2 aromatic carbocycles. The summed E-state index contributed by atoms with van der Waals surface area (Å²) in [5.74, 6) is 1.31. The topological polar surface area (TPSA) is 98.1 Å². The minimum atomic E-state index is -0.148. The van der Waals surface area contributed by atoms with Gasteiger partial charge in [0.05, 0.1) is 25.8 Å². The number of nitrogens with zero attached hydrogens (tertiary/aromatic N) is 3. The van der Waals surface area contributed by atoms with Crippen LogP contribution in [0.15, 0.2) is 47.6 Å². The lowest BCUT2D eigenvalue weighted by Gasteiger charge is -2.10. The number of methoxy groups -OCH3 is 1. The van der Waals surface area contributed by atoms with Crippen molar-refractivity contribution in [3.63, 3.8) is 0 Å². The average Bonchev–Trinajstić information content (AvgIpc) is 3.20. The summed E-state index contributed by atoms with van der Waals surface area (Å²) in [6.07, 6.45) is 0.260. The van der Waals surface area contributed by atoms with Crippen LogP contribution < -0.4 is 15.4 Å². The molecule has 0 atom stereocenters. The SMILES string of the molecule is CCn1c(CNC(=O)Cc2ccc(OC)cc2)nnc1SCC(=O)Nc1ccc(Cl)cc1C. The maximum Gasteiger partial charge on any atom is 0.234 e. The minimum absolute atomic E-state index is 0.113. The Balaban J connectivity index is 1.52. The average molecular weight is 488 g/mol. The Morgan fingerprint density at radius 3 is 2.55 bits per heavy atom. The van der Waals surface area contributed by atoms with E-state index < -0.39 is 0 Å². The molecule has 10 heteroatoms. The molecule has 1 aromatic heterocycles. The van der Waals surface area contributed by atoms with Crippen LogP contribution in [-0.2, 0) is 29.1 Å². The van der Waals surface area contributed by atoms with Gasteiger partial charge in [-0.2, -0.15) is 0 Å². The van der Waals surface area contributed by atoms with Gasteiger partial charge in [0.15, 0.2) is 11.0 Å². The highest BCUT2D eigenvalue weighted by Gasteiger charge is 2.15. The number of thioether (sulfide) groups is 1. The molecule has 3 rings (SSSR count). The normalized spacial score (nSPS) is 10.7. The van der Waals surface area contributed by atoms with E-state index in [4.69, 9.17) is 16.3 Å². The number of aryl methyl sites for hydroxylation is 1. The predicted octanol–water partition coefficient (Wildman–Crippen LogP) is 3.86. The molecule has 0 saturated carbocycles. The van der Waals surface area contributed by atoms with Crippen molar-refractivity contribution in [2.24, 2.45) is 0 Å². The van der Waals surface area contributed by atoms with Crippen molar-refractivity contribution in [3.8, 4) is 5.75 Å². The molecule has 8 nitrogen and oxygen atoms in total. The highest BCUT2D eigenvalue weighted by molar-refractivity contribution is 7.99. The minimum Gasteiger partial charge on any atom is -0.497 e. The number of anilines is 1. The van der Waals surface area contributed by atoms with Gasteiger partial charge in [-0.1, -0.05) is 35.5 Å². The molecular weight excluding hydrogens is 462 g/mol. The second-order valence-electron chi connectivity index (χ2n) is 7.24. The molecule has 1 heterocycles. The van der Waals surface area contributed by atoms with Gasteiger partial charge >= 0.3 is 0 Å². The summed E-state index contributed by atoms with van der Waals surface area (Å²) < 4.78 is 7.02. The Bertz CT molecular complexity index is 1120. The van der Waals surface area contributed by atoms with Gasteiger partial charge < -0.3 is 19.9 Å². The fourth-order valence-corrected chi connectivity index (χ4v) is 4.17. The van der Waals surface area contributed by atoms with Crippen LogP contribution in [0.25, 0.3) is 0 Å². The molecule has 0 spiro atoms. The summed E-state index contributed by atoms with van der Waals surface area (Å²) in [6.45, 7) is 4.73. The Hall–Kier alpha value is -3.04. The number of hydrogen-bond acceptors (Lipinski definition) is 6. The summed E-state index contributed by atoms with van der Waals surface area (Å²) in [6, 6.07) is 12.7. The molecular formula is C23H26ClN5O3S. The van der Waals surface area contributed by atoms with Crippen LogP contribution in [0.4, 0.5) is 5.69 Å². The number of carbonyl (C=O) groups excluding carboxylic acids is 2. The predicted molar refractivity (Wildman–Crippen MR) is 130 cm³/mol. The number of halogens is 1. The summed E-state index contributed by atoms with van der Waals surface area (Å²) in [5.41, 5.74) is 2.51. The van der Waals surface area contributed by atoms with E-state index in [-0.39, 0.29) is 30.5 Å². The van der Waals surface area contributed by atoms with Gasteiger partial charge in [0.2, 0.25) is 11.8 Å². The number of carbonyl (C=O) groups is 2. The zero-order valence-electron chi connectivity index (χ0n) is 18.7. The Labute approximate surface area is 202 Å². The van der Waals surface area contributed by atoms with E-state index in [0.29, 0.717) is 22.5 Å². The van der Waals surface area contributed by atoms with Gasteiger partial charge in [-0.3, -0.25) is 9.59 Å². The molecule has 0 bridgehead atoms. The lowest BCUT2D eigenvalue weighted by molar-refractivity contribution is -0.120. The molecule has 0 aliphatic heterocycles. The van der Waals surface area contributed by atoms with E-state index in [9.17, 15) is 9.59 Å². The quantitative estimate of drug-likeness (QED) is 0.421. The first-order chi connectivity index (χ1) is 15.9. The third-order valence-corrected chi connectivity index (χ3v) is 6.07. The van der Waals surface area contributed by atoms with E-state index in [2.05, 4.69) is 20.8 Å². The van der Waals surface area contributed by atoms with Crippen LogP contribution in [0.3, 0.4) is 0 Å². The maximum atomic E-state index is 12.4. The first kappa shape index (κ1) is 24.6. The molecule has 3 aromatic rings. The van der Waals surface area contributed by atoms with Gasteiger partial charge in [-0.05, 0) is 55.3 Å². The van der Waals surface area contributed by atoms with Crippen molar-refractivity contribution in [2.75, 3.05) is 18.2 Å². The fraction of sp³-hybridized carbons (Fsp3) is 0.304. The third kappa shape index (κ3) is 6.97. The van der Waals surface area contributed by atoms with Crippen LogP contribution in [0, 0.1) is 6.92 Å². The monoisotopic (exact) mass is 487 g/mol. The number of nitrogens with one attached hydrogen (secondary N) is 2. The molecule has 0 aliphatic carbocycles. The van der Waals surface area contributed by atoms with Gasteiger partial charge in [-0.15, -0.1) is 10.2 Å². The number of amides is 2. The zero-order valence-corrected chi connectivity index (χ0v) is 20.3. The van der Waals surface area contributed by atoms with E-state index in [1.807, 2.05) is 42.7 Å². The number of ether oxygens (including phenoxy) is 1. The van der Waals surface area contributed by atoms with E-state index in [0.717, 1.165) is 22.6 Å². The Morgan fingerprint density at radius 1 is 1.12 bits per heavy atom. The van der Waals surface area contributed by atoms with Crippen molar-refractivity contribution < 1.29 is 14.3 Å². The number of hydrogen-bond donors (Lipinski definition) is 2. The summed E-state index contributed by atoms with van der Waals surface area (Å²) in [7, 11) is 1.60. The van der Waals surface area contributed by atoms with Crippen LogP contribution in [0.5, 0.6) is 5.75 Å². The standard InChI is InChI=1S/C23H26ClN5O3S/c1-4-29-20(13-25-21(30)12-16-5-8-18(32-3)9-6-16)27-28-23(29)33-14-22(31)26-19-10-7-17(24)11-15(19)2/h5-11H,4,12-14H2,1-3H3,(H,25,30)(H,26,31). The molecule has 174 valence electrons. The lowest BCUT2D eigenvalue weighted by atomic mass is 10.1. The van der Waals surface area contributed by atoms with Gasteiger partial charge in [0.25, 0.3) is 0 Å². The molecule has 33 heavy (non-hydrogen) atoms. The molecule has 2 N–H and O–H groups in total. The molecule has 0 radical (unpaired) electrons. The van der Waals surface area contributed by atoms with Crippen LogP contribution >= 0.6 is 23.4 Å². The second-order valence-corrected chi connectivity index (χ2v) is 8.62.